The molecule has 0 bridgehead atoms. The Balaban J connectivity index is 1.83. The summed E-state index contributed by atoms with van der Waals surface area (Å²) in [7, 11) is 0. The van der Waals surface area contributed by atoms with Crippen molar-refractivity contribution in [3.8, 4) is 5.88 Å². The molecule has 4 aromatic rings. The number of hydrogen-bond acceptors (Lipinski definition) is 5. The summed E-state index contributed by atoms with van der Waals surface area (Å²) >= 11 is -3.86. The third-order valence-electron chi connectivity index (χ3n) is 4.87. The van der Waals surface area contributed by atoms with Crippen LogP contribution in [0.3, 0.4) is 0 Å². The van der Waals surface area contributed by atoms with Crippen LogP contribution >= 0.6 is 0 Å². The fraction of sp³-hybridized carbons (Fsp3) is 0.0800. The van der Waals surface area contributed by atoms with E-state index in [1.807, 2.05) is 25.1 Å². The van der Waals surface area contributed by atoms with Crippen LogP contribution in [0.1, 0.15) is 6.92 Å². The van der Waals surface area contributed by atoms with E-state index in [2.05, 4.69) is 87.8 Å². The van der Waals surface area contributed by atoms with E-state index >= 15 is 0 Å². The van der Waals surface area contributed by atoms with Crippen LogP contribution in [0.2, 0.25) is 0 Å². The zero-order valence-corrected chi connectivity index (χ0v) is 20.1. The van der Waals surface area contributed by atoms with Crippen LogP contribution in [0.25, 0.3) is 0 Å². The fourth-order valence-corrected chi connectivity index (χ4v) is 13.8. The van der Waals surface area contributed by atoms with Crippen LogP contribution in [0.4, 0.5) is 5.82 Å². The molecule has 1 heterocycles. The molecular weight excluding hydrogens is 493 g/mol. The minimum absolute atomic E-state index is 0.393. The number of rotatable bonds is 8. The monoisotopic (exact) mass is 517 g/mol. The van der Waals surface area contributed by atoms with Crippen molar-refractivity contribution < 1.29 is 7.81 Å². The van der Waals surface area contributed by atoms with Crippen molar-refractivity contribution in [1.82, 2.24) is 9.97 Å². The Morgan fingerprint density at radius 3 is 1.71 bits per heavy atom. The molecule has 0 fully saturated rings. The molecule has 0 radical (unpaired) electrons. The SMILES string of the molecule is CCOc1nccnc1N=C[O][Sn]([c]1ccccc1)([c]1ccccc1)[c]1ccccc1. The van der Waals surface area contributed by atoms with Gasteiger partial charge in [-0.25, -0.2) is 0 Å². The quantitative estimate of drug-likeness (QED) is 0.205. The molecule has 1 aromatic heterocycles. The van der Waals surface area contributed by atoms with Crippen LogP contribution in [-0.2, 0) is 3.07 Å². The summed E-state index contributed by atoms with van der Waals surface area (Å²) < 4.78 is 15.9. The van der Waals surface area contributed by atoms with E-state index in [9.17, 15) is 0 Å². The van der Waals surface area contributed by atoms with Crippen molar-refractivity contribution in [2.45, 2.75) is 6.92 Å². The zero-order valence-electron chi connectivity index (χ0n) is 17.3. The van der Waals surface area contributed by atoms with Gasteiger partial charge < -0.3 is 0 Å². The maximum atomic E-state index is 6.72. The molecule has 3 aromatic carbocycles. The first kappa shape index (κ1) is 21.1. The van der Waals surface area contributed by atoms with Gasteiger partial charge >= 0.3 is 187 Å². The van der Waals surface area contributed by atoms with Gasteiger partial charge in [0.25, 0.3) is 0 Å². The van der Waals surface area contributed by atoms with Gasteiger partial charge in [-0.1, -0.05) is 0 Å². The van der Waals surface area contributed by atoms with Crippen molar-refractivity contribution in [1.29, 1.82) is 0 Å². The van der Waals surface area contributed by atoms with Gasteiger partial charge in [0.1, 0.15) is 0 Å². The molecule has 0 saturated heterocycles. The number of nitrogens with zero attached hydrogens (tertiary/aromatic N) is 3. The normalized spacial score (nSPS) is 11.4. The molecule has 0 amide bonds. The Kier molecular flexibility index (Phi) is 6.94. The van der Waals surface area contributed by atoms with Crippen molar-refractivity contribution in [3.05, 3.63) is 103 Å². The average molecular weight is 516 g/mol. The molecule has 31 heavy (non-hydrogen) atoms. The van der Waals surface area contributed by atoms with E-state index < -0.39 is 18.8 Å². The van der Waals surface area contributed by atoms with Gasteiger partial charge in [-0.3, -0.25) is 0 Å². The second-order valence-electron chi connectivity index (χ2n) is 6.75. The Morgan fingerprint density at radius 2 is 1.23 bits per heavy atom. The van der Waals surface area contributed by atoms with Crippen molar-refractivity contribution in [2.24, 2.45) is 4.99 Å². The molecular formula is C25H23N3O2Sn. The summed E-state index contributed by atoms with van der Waals surface area (Å²) in [5.74, 6) is 0.795. The van der Waals surface area contributed by atoms with Crippen molar-refractivity contribution >= 4 is 41.7 Å². The molecule has 0 spiro atoms. The first-order valence-corrected chi connectivity index (χ1v) is 15.6. The molecule has 0 atom stereocenters. The van der Waals surface area contributed by atoms with Gasteiger partial charge in [0.2, 0.25) is 0 Å². The van der Waals surface area contributed by atoms with Crippen LogP contribution < -0.4 is 15.5 Å². The summed E-state index contributed by atoms with van der Waals surface area (Å²) in [6.45, 7) is 2.39. The number of benzene rings is 3. The maximum absolute atomic E-state index is 6.72. The fourth-order valence-electron chi connectivity index (χ4n) is 3.52. The number of aromatic nitrogens is 2. The molecule has 0 unspecified atom stereocenters. The van der Waals surface area contributed by atoms with E-state index in [-0.39, 0.29) is 0 Å². The summed E-state index contributed by atoms with van der Waals surface area (Å²) in [5.41, 5.74) is 0. The van der Waals surface area contributed by atoms with Crippen LogP contribution in [0, 0.1) is 0 Å². The second kappa shape index (κ2) is 10.2. The van der Waals surface area contributed by atoms with Crippen molar-refractivity contribution in [2.75, 3.05) is 6.61 Å². The van der Waals surface area contributed by atoms with Gasteiger partial charge in [0.15, 0.2) is 0 Å². The van der Waals surface area contributed by atoms with Crippen LogP contribution in [-0.4, -0.2) is 41.8 Å². The molecule has 6 heteroatoms. The van der Waals surface area contributed by atoms with Gasteiger partial charge in [-0.2, -0.15) is 0 Å². The predicted molar refractivity (Wildman–Crippen MR) is 126 cm³/mol. The topological polar surface area (TPSA) is 56.6 Å². The average Bonchev–Trinajstić information content (AvgIpc) is 2.85. The first-order chi connectivity index (χ1) is 15.3. The van der Waals surface area contributed by atoms with Crippen molar-refractivity contribution in [3.63, 3.8) is 0 Å². The first-order valence-electron chi connectivity index (χ1n) is 10.2. The van der Waals surface area contributed by atoms with Gasteiger partial charge in [0.05, 0.1) is 0 Å². The summed E-state index contributed by atoms with van der Waals surface area (Å²) in [4.78, 5) is 13.0. The van der Waals surface area contributed by atoms with E-state index in [1.165, 1.54) is 17.1 Å². The number of ether oxygens (including phenoxy) is 1. The standard InChI is InChI=1S/C7H9N3O2.3C6H5.Sn/c1-2-12-7-6(10-5-11)8-3-4-9-7;3*1-2-4-6-5-3-1;/h3-5H,2H2,1H3,(H,8,10,11);3*1-5H;/q;;;;+1/p-1. The predicted octanol–water partition coefficient (Wildman–Crippen LogP) is 3.22. The Bertz CT molecular complexity index is 1030. The molecule has 0 saturated carbocycles. The third-order valence-corrected chi connectivity index (χ3v) is 16.0. The minimum atomic E-state index is -3.86. The molecule has 4 rings (SSSR count). The van der Waals surface area contributed by atoms with E-state index in [1.54, 1.807) is 12.4 Å². The molecule has 0 aliphatic heterocycles. The number of hydrogen-bond donors (Lipinski definition) is 0. The Hall–Kier alpha value is -3.19. The van der Waals surface area contributed by atoms with E-state index in [4.69, 9.17) is 7.81 Å². The number of aliphatic imine (C=N–C) groups is 1. The zero-order chi connectivity index (χ0) is 21.4. The Morgan fingerprint density at radius 1 is 0.742 bits per heavy atom. The molecule has 0 aliphatic rings. The third kappa shape index (κ3) is 4.61. The molecule has 154 valence electrons. The van der Waals surface area contributed by atoms with Gasteiger partial charge in [0, 0.05) is 0 Å². The molecule has 0 aliphatic carbocycles. The summed E-state index contributed by atoms with van der Waals surface area (Å²) in [6, 6.07) is 31.3. The Labute approximate surface area is 186 Å². The summed E-state index contributed by atoms with van der Waals surface area (Å²) in [6.07, 6.45) is 4.71. The van der Waals surface area contributed by atoms with Crippen LogP contribution in [0.5, 0.6) is 5.88 Å². The van der Waals surface area contributed by atoms with Gasteiger partial charge in [-0.05, 0) is 0 Å². The van der Waals surface area contributed by atoms with E-state index in [0.717, 1.165) is 0 Å². The second-order valence-corrected chi connectivity index (χ2v) is 16.3. The van der Waals surface area contributed by atoms with E-state index in [0.29, 0.717) is 18.3 Å². The van der Waals surface area contributed by atoms with Crippen LogP contribution in [0.15, 0.2) is 108 Å². The molecule has 0 N–H and O–H groups in total. The summed E-state index contributed by atoms with van der Waals surface area (Å²) in [5, 5.41) is 0. The van der Waals surface area contributed by atoms with Gasteiger partial charge in [-0.15, -0.1) is 0 Å². The molecule has 5 nitrogen and oxygen atoms in total.